The van der Waals surface area contributed by atoms with Gasteiger partial charge in [-0.25, -0.2) is 28.3 Å². The Morgan fingerprint density at radius 3 is 2.72 bits per heavy atom. The van der Waals surface area contributed by atoms with E-state index in [4.69, 9.17) is 5.14 Å². The van der Waals surface area contributed by atoms with Gasteiger partial charge in [0.25, 0.3) is 0 Å². The summed E-state index contributed by atoms with van der Waals surface area (Å²) >= 11 is 0. The van der Waals surface area contributed by atoms with E-state index in [0.29, 0.717) is 12.5 Å². The van der Waals surface area contributed by atoms with E-state index in [1.54, 1.807) is 0 Å². The number of carbonyl (C=O) groups excluding carboxylic acids is 1. The van der Waals surface area contributed by atoms with Crippen molar-refractivity contribution >= 4 is 21.9 Å². The highest BCUT2D eigenvalue weighted by Crippen LogP contribution is 2.30. The van der Waals surface area contributed by atoms with Crippen LogP contribution in [0.25, 0.3) is 0 Å². The van der Waals surface area contributed by atoms with Crippen molar-refractivity contribution in [2.75, 3.05) is 11.9 Å². The number of aliphatic hydroxyl groups excluding tert-OH is 1. The van der Waals surface area contributed by atoms with Crippen molar-refractivity contribution in [1.29, 1.82) is 0 Å². The van der Waals surface area contributed by atoms with Crippen LogP contribution in [0.5, 0.6) is 0 Å². The number of aromatic nitrogens is 4. The van der Waals surface area contributed by atoms with Gasteiger partial charge in [0.05, 0.1) is 24.8 Å². The van der Waals surface area contributed by atoms with Gasteiger partial charge in [-0.2, -0.15) is 13.5 Å². The van der Waals surface area contributed by atoms with E-state index < -0.39 is 45.6 Å². The Morgan fingerprint density at radius 2 is 1.97 bits per heavy atom. The Kier molecular flexibility index (Phi) is 7.35. The zero-order valence-corrected chi connectivity index (χ0v) is 19.3. The molecule has 1 aliphatic carbocycles. The molecular formula is C21H21F3N6O5S. The van der Waals surface area contributed by atoms with Gasteiger partial charge in [-0.3, -0.25) is 13.7 Å². The van der Waals surface area contributed by atoms with Crippen molar-refractivity contribution in [3.05, 3.63) is 71.2 Å². The molecule has 4 rings (SSSR count). The average Bonchev–Trinajstić information content (AvgIpc) is 3.41. The van der Waals surface area contributed by atoms with E-state index in [2.05, 4.69) is 24.6 Å². The van der Waals surface area contributed by atoms with Crippen LogP contribution in [0.1, 0.15) is 34.5 Å². The van der Waals surface area contributed by atoms with Crippen LogP contribution in [0.4, 0.5) is 19.0 Å². The quantitative estimate of drug-likeness (QED) is 0.274. The van der Waals surface area contributed by atoms with Crippen molar-refractivity contribution in [1.82, 2.24) is 19.7 Å². The van der Waals surface area contributed by atoms with E-state index in [1.807, 2.05) is 0 Å². The van der Waals surface area contributed by atoms with Crippen molar-refractivity contribution < 1.29 is 35.7 Å². The Hall–Kier alpha value is -3.40. The van der Waals surface area contributed by atoms with Crippen LogP contribution in [0.3, 0.4) is 0 Å². The molecule has 4 N–H and O–H groups in total. The molecule has 36 heavy (non-hydrogen) atoms. The SMILES string of the molecule is NS(=O)(=O)OC[C@H]1C[C@@H](Nc2ncncc2C(=O)c2ccn(Cc3cc(F)c(F)cc3F)n2)C[C@@H]1O. The lowest BCUT2D eigenvalue weighted by Crippen LogP contribution is -2.24. The van der Waals surface area contributed by atoms with Crippen molar-refractivity contribution in [2.24, 2.45) is 11.1 Å². The summed E-state index contributed by atoms with van der Waals surface area (Å²) in [5.74, 6) is -4.37. The third-order valence-corrected chi connectivity index (χ3v) is 6.16. The molecule has 2 heterocycles. The molecule has 1 fully saturated rings. The van der Waals surface area contributed by atoms with E-state index in [9.17, 15) is 31.5 Å². The van der Waals surface area contributed by atoms with Crippen LogP contribution in [0.2, 0.25) is 0 Å². The highest BCUT2D eigenvalue weighted by Gasteiger charge is 2.35. The molecule has 11 nitrogen and oxygen atoms in total. The monoisotopic (exact) mass is 526 g/mol. The van der Waals surface area contributed by atoms with Gasteiger partial charge in [0, 0.05) is 36.0 Å². The van der Waals surface area contributed by atoms with E-state index >= 15 is 0 Å². The number of ketones is 1. The lowest BCUT2D eigenvalue weighted by molar-refractivity contribution is 0.101. The summed E-state index contributed by atoms with van der Waals surface area (Å²) in [6.07, 6.45) is 3.58. The van der Waals surface area contributed by atoms with Gasteiger partial charge in [-0.05, 0) is 25.0 Å². The fraction of sp³-hybridized carbons (Fsp3) is 0.333. The predicted octanol–water partition coefficient (Wildman–Crippen LogP) is 1.14. The number of aliphatic hydroxyl groups is 1. The molecule has 0 unspecified atom stereocenters. The number of nitrogens with two attached hydrogens (primary N) is 1. The van der Waals surface area contributed by atoms with Gasteiger partial charge < -0.3 is 10.4 Å². The predicted molar refractivity (Wildman–Crippen MR) is 118 cm³/mol. The number of nitrogens with zero attached hydrogens (tertiary/aromatic N) is 4. The summed E-state index contributed by atoms with van der Waals surface area (Å²) in [6, 6.07) is 2.17. The molecule has 0 amide bonds. The molecule has 2 aromatic heterocycles. The van der Waals surface area contributed by atoms with Gasteiger partial charge in [0.2, 0.25) is 5.78 Å². The number of anilines is 1. The third-order valence-electron chi connectivity index (χ3n) is 5.70. The molecule has 1 aliphatic rings. The molecule has 3 atom stereocenters. The van der Waals surface area contributed by atoms with Gasteiger partial charge in [0.15, 0.2) is 11.6 Å². The van der Waals surface area contributed by atoms with E-state index in [-0.39, 0.29) is 48.3 Å². The van der Waals surface area contributed by atoms with E-state index in [0.717, 1.165) is 6.07 Å². The number of rotatable bonds is 9. The summed E-state index contributed by atoms with van der Waals surface area (Å²) in [5, 5.41) is 22.2. The van der Waals surface area contributed by atoms with Crippen LogP contribution < -0.4 is 10.5 Å². The first kappa shape index (κ1) is 25.7. The molecule has 15 heteroatoms. The van der Waals surface area contributed by atoms with Crippen LogP contribution >= 0.6 is 0 Å². The fourth-order valence-corrected chi connectivity index (χ4v) is 4.32. The van der Waals surface area contributed by atoms with Crippen molar-refractivity contribution in [3.63, 3.8) is 0 Å². The number of halogens is 3. The molecule has 0 aliphatic heterocycles. The number of hydrogen-bond donors (Lipinski definition) is 3. The number of nitrogens with one attached hydrogen (secondary N) is 1. The Bertz CT molecular complexity index is 1390. The number of carbonyl (C=O) groups is 1. The zero-order valence-electron chi connectivity index (χ0n) is 18.5. The van der Waals surface area contributed by atoms with Crippen molar-refractivity contribution in [3.8, 4) is 0 Å². The van der Waals surface area contributed by atoms with Crippen LogP contribution in [0, 0.1) is 23.4 Å². The van der Waals surface area contributed by atoms with Gasteiger partial charge in [-0.1, -0.05) is 0 Å². The standard InChI is InChI=1S/C21H21F3N6O5S/c22-15-6-17(24)16(23)4-11(15)8-30-2-1-18(29-30)20(32)14-7-26-10-27-21(14)28-13-3-12(19(31)5-13)9-35-36(25,33)34/h1-2,4,6-7,10,12-13,19,31H,3,5,8-9H2,(H2,25,33,34)(H,26,27,28)/t12-,13-,19+/m1/s1. The fourth-order valence-electron chi connectivity index (χ4n) is 3.95. The second kappa shape index (κ2) is 10.3. The summed E-state index contributed by atoms with van der Waals surface area (Å²) in [5.41, 5.74) is -0.107. The Balaban J connectivity index is 1.46. The minimum Gasteiger partial charge on any atom is -0.393 e. The largest absolute Gasteiger partial charge is 0.393 e. The molecule has 0 saturated heterocycles. The number of benzene rings is 1. The molecular weight excluding hydrogens is 505 g/mol. The summed E-state index contributed by atoms with van der Waals surface area (Å²) in [4.78, 5) is 21.1. The highest BCUT2D eigenvalue weighted by molar-refractivity contribution is 7.84. The molecule has 0 spiro atoms. The first-order valence-corrected chi connectivity index (χ1v) is 12.1. The lowest BCUT2D eigenvalue weighted by atomic mass is 10.1. The Morgan fingerprint density at radius 1 is 1.22 bits per heavy atom. The highest BCUT2D eigenvalue weighted by atomic mass is 32.2. The average molecular weight is 526 g/mol. The smallest absolute Gasteiger partial charge is 0.333 e. The second-order valence-corrected chi connectivity index (χ2v) is 9.51. The topological polar surface area (TPSA) is 162 Å². The minimum atomic E-state index is -4.15. The maximum atomic E-state index is 14.0. The van der Waals surface area contributed by atoms with Gasteiger partial charge in [-0.15, -0.1) is 0 Å². The summed E-state index contributed by atoms with van der Waals surface area (Å²) in [7, 11) is -4.15. The molecule has 0 radical (unpaired) electrons. The van der Waals surface area contributed by atoms with Gasteiger partial charge >= 0.3 is 10.3 Å². The van der Waals surface area contributed by atoms with E-state index in [1.165, 1.54) is 29.5 Å². The Labute approximate surface area is 203 Å². The third kappa shape index (κ3) is 6.04. The summed E-state index contributed by atoms with van der Waals surface area (Å²) in [6.45, 7) is -0.529. The second-order valence-electron chi connectivity index (χ2n) is 8.29. The molecule has 192 valence electrons. The van der Waals surface area contributed by atoms with Crippen LogP contribution in [-0.2, 0) is 21.0 Å². The van der Waals surface area contributed by atoms with Gasteiger partial charge in [0.1, 0.15) is 23.7 Å². The summed E-state index contributed by atoms with van der Waals surface area (Å²) < 4.78 is 68.4. The molecule has 3 aromatic rings. The molecule has 0 bridgehead atoms. The molecule has 1 saturated carbocycles. The lowest BCUT2D eigenvalue weighted by Gasteiger charge is -2.15. The zero-order chi connectivity index (χ0) is 26.0. The molecule has 1 aromatic carbocycles. The first-order valence-electron chi connectivity index (χ1n) is 10.6. The normalized spacial score (nSPS) is 20.0. The first-order chi connectivity index (χ1) is 17.0. The maximum absolute atomic E-state index is 14.0. The number of hydrogen-bond acceptors (Lipinski definition) is 9. The van der Waals surface area contributed by atoms with Crippen LogP contribution in [-0.4, -0.2) is 57.8 Å². The minimum absolute atomic E-state index is 0.0262. The van der Waals surface area contributed by atoms with Crippen molar-refractivity contribution in [2.45, 2.75) is 31.5 Å². The maximum Gasteiger partial charge on any atom is 0.333 e. The van der Waals surface area contributed by atoms with Crippen LogP contribution in [0.15, 0.2) is 36.9 Å².